The molecule has 2 aromatic carbocycles. The molecule has 6 heteroatoms. The van der Waals surface area contributed by atoms with Crippen LogP contribution in [0.1, 0.15) is 10.4 Å². The highest BCUT2D eigenvalue weighted by Crippen LogP contribution is 2.36. The van der Waals surface area contributed by atoms with Crippen molar-refractivity contribution in [3.63, 3.8) is 0 Å². The van der Waals surface area contributed by atoms with Crippen LogP contribution in [-0.2, 0) is 0 Å². The lowest BCUT2D eigenvalue weighted by Gasteiger charge is -2.36. The summed E-state index contributed by atoms with van der Waals surface area (Å²) in [6, 6.07) is 11.8. The SMILES string of the molecule is O=C(c1cccc2c1OCO2)N1CCN(c2ccc(F)cc2)CC1. The molecule has 124 valence electrons. The quantitative estimate of drug-likeness (QED) is 0.849. The molecule has 2 aromatic rings. The van der Waals surface area contributed by atoms with Gasteiger partial charge in [0.05, 0.1) is 5.56 Å². The van der Waals surface area contributed by atoms with Gasteiger partial charge >= 0.3 is 0 Å². The fourth-order valence-corrected chi connectivity index (χ4v) is 3.09. The molecule has 2 aliphatic rings. The standard InChI is InChI=1S/C18H17FN2O3/c19-13-4-6-14(7-5-13)20-8-10-21(11-9-20)18(22)15-2-1-3-16-17(15)24-12-23-16/h1-7H,8-12H2. The van der Waals surface area contributed by atoms with Crippen molar-refractivity contribution in [1.82, 2.24) is 4.90 Å². The third-order valence-corrected chi connectivity index (χ3v) is 4.39. The minimum atomic E-state index is -0.243. The van der Waals surface area contributed by atoms with Gasteiger partial charge in [-0.05, 0) is 36.4 Å². The monoisotopic (exact) mass is 328 g/mol. The van der Waals surface area contributed by atoms with Crippen molar-refractivity contribution >= 4 is 11.6 Å². The first-order valence-electron chi connectivity index (χ1n) is 7.91. The molecule has 0 aromatic heterocycles. The van der Waals surface area contributed by atoms with Crippen LogP contribution in [0.5, 0.6) is 11.5 Å². The Morgan fingerprint density at radius 3 is 2.46 bits per heavy atom. The highest BCUT2D eigenvalue weighted by Gasteiger charge is 2.27. The van der Waals surface area contributed by atoms with Gasteiger partial charge in [0.25, 0.3) is 5.91 Å². The van der Waals surface area contributed by atoms with E-state index < -0.39 is 0 Å². The zero-order valence-corrected chi connectivity index (χ0v) is 13.1. The minimum absolute atomic E-state index is 0.0453. The number of para-hydroxylation sites is 1. The largest absolute Gasteiger partial charge is 0.454 e. The number of carbonyl (C=O) groups is 1. The van der Waals surface area contributed by atoms with E-state index in [-0.39, 0.29) is 18.5 Å². The molecule has 0 atom stereocenters. The lowest BCUT2D eigenvalue weighted by molar-refractivity contribution is 0.0742. The Bertz CT molecular complexity index is 755. The van der Waals surface area contributed by atoms with Gasteiger partial charge in [-0.15, -0.1) is 0 Å². The topological polar surface area (TPSA) is 42.0 Å². The Morgan fingerprint density at radius 2 is 1.71 bits per heavy atom. The Morgan fingerprint density at radius 1 is 0.958 bits per heavy atom. The zero-order chi connectivity index (χ0) is 16.5. The molecule has 5 nitrogen and oxygen atoms in total. The summed E-state index contributed by atoms with van der Waals surface area (Å²) >= 11 is 0. The van der Waals surface area contributed by atoms with E-state index in [2.05, 4.69) is 4.90 Å². The molecular formula is C18H17FN2O3. The first kappa shape index (κ1) is 14.8. The summed E-state index contributed by atoms with van der Waals surface area (Å²) in [6.07, 6.45) is 0. The maximum absolute atomic E-state index is 13.0. The smallest absolute Gasteiger partial charge is 0.257 e. The number of hydrogen-bond acceptors (Lipinski definition) is 4. The first-order chi connectivity index (χ1) is 11.7. The normalized spacial score (nSPS) is 16.4. The van der Waals surface area contributed by atoms with Gasteiger partial charge < -0.3 is 19.3 Å². The fourth-order valence-electron chi connectivity index (χ4n) is 3.09. The number of benzene rings is 2. The molecule has 0 unspecified atom stereocenters. The summed E-state index contributed by atoms with van der Waals surface area (Å²) < 4.78 is 23.8. The van der Waals surface area contributed by atoms with Crippen molar-refractivity contribution in [2.75, 3.05) is 37.9 Å². The van der Waals surface area contributed by atoms with Crippen molar-refractivity contribution in [1.29, 1.82) is 0 Å². The van der Waals surface area contributed by atoms with E-state index in [1.807, 2.05) is 4.90 Å². The number of carbonyl (C=O) groups excluding carboxylic acids is 1. The number of ether oxygens (including phenoxy) is 2. The van der Waals surface area contributed by atoms with Crippen LogP contribution in [0.3, 0.4) is 0 Å². The van der Waals surface area contributed by atoms with Crippen LogP contribution in [-0.4, -0.2) is 43.8 Å². The van der Waals surface area contributed by atoms with E-state index >= 15 is 0 Å². The average Bonchev–Trinajstić information content (AvgIpc) is 3.11. The van der Waals surface area contributed by atoms with E-state index in [1.54, 1.807) is 30.3 Å². The molecule has 0 N–H and O–H groups in total. The van der Waals surface area contributed by atoms with E-state index in [0.717, 1.165) is 5.69 Å². The predicted molar refractivity (Wildman–Crippen MR) is 87.1 cm³/mol. The van der Waals surface area contributed by atoms with Gasteiger partial charge in [-0.25, -0.2) is 4.39 Å². The molecule has 0 aliphatic carbocycles. The Kier molecular flexibility index (Phi) is 3.72. The number of anilines is 1. The van der Waals surface area contributed by atoms with E-state index in [4.69, 9.17) is 9.47 Å². The molecule has 4 rings (SSSR count). The summed E-state index contributed by atoms with van der Waals surface area (Å²) in [5.41, 5.74) is 1.51. The lowest BCUT2D eigenvalue weighted by Crippen LogP contribution is -2.48. The predicted octanol–water partition coefficient (Wildman–Crippen LogP) is 2.52. The molecule has 2 aliphatic heterocycles. The molecule has 1 fully saturated rings. The van der Waals surface area contributed by atoms with Crippen molar-refractivity contribution < 1.29 is 18.7 Å². The molecule has 0 radical (unpaired) electrons. The second-order valence-electron chi connectivity index (χ2n) is 5.80. The summed E-state index contributed by atoms with van der Waals surface area (Å²) in [6.45, 7) is 2.80. The van der Waals surface area contributed by atoms with Gasteiger partial charge in [-0.3, -0.25) is 4.79 Å². The molecule has 0 bridgehead atoms. The van der Waals surface area contributed by atoms with Crippen LogP contribution in [0.15, 0.2) is 42.5 Å². The summed E-state index contributed by atoms with van der Waals surface area (Å²) in [5, 5.41) is 0. The van der Waals surface area contributed by atoms with E-state index in [1.165, 1.54) is 12.1 Å². The first-order valence-corrected chi connectivity index (χ1v) is 7.91. The Labute approximate surface area is 139 Å². The molecule has 0 saturated carbocycles. The fraction of sp³-hybridized carbons (Fsp3) is 0.278. The molecule has 2 heterocycles. The third-order valence-electron chi connectivity index (χ3n) is 4.39. The second kappa shape index (κ2) is 6.03. The zero-order valence-electron chi connectivity index (χ0n) is 13.1. The van der Waals surface area contributed by atoms with Crippen molar-refractivity contribution in [2.45, 2.75) is 0 Å². The van der Waals surface area contributed by atoms with Gasteiger partial charge in [-0.2, -0.15) is 0 Å². The van der Waals surface area contributed by atoms with Gasteiger partial charge in [0.15, 0.2) is 11.5 Å². The molecular weight excluding hydrogens is 311 g/mol. The number of nitrogens with zero attached hydrogens (tertiary/aromatic N) is 2. The van der Waals surface area contributed by atoms with Crippen LogP contribution in [0.25, 0.3) is 0 Å². The maximum Gasteiger partial charge on any atom is 0.257 e. The average molecular weight is 328 g/mol. The number of amides is 1. The number of hydrogen-bond donors (Lipinski definition) is 0. The maximum atomic E-state index is 13.0. The Balaban J connectivity index is 1.45. The lowest BCUT2D eigenvalue weighted by atomic mass is 10.1. The van der Waals surface area contributed by atoms with E-state index in [0.29, 0.717) is 43.2 Å². The second-order valence-corrected chi connectivity index (χ2v) is 5.80. The summed E-state index contributed by atoms with van der Waals surface area (Å²) in [4.78, 5) is 16.7. The van der Waals surface area contributed by atoms with Gasteiger partial charge in [0.1, 0.15) is 5.82 Å². The van der Waals surface area contributed by atoms with Crippen LogP contribution < -0.4 is 14.4 Å². The minimum Gasteiger partial charge on any atom is -0.454 e. The highest BCUT2D eigenvalue weighted by molar-refractivity contribution is 5.98. The number of halogens is 1. The highest BCUT2D eigenvalue weighted by atomic mass is 19.1. The van der Waals surface area contributed by atoms with Gasteiger partial charge in [0.2, 0.25) is 6.79 Å². The summed E-state index contributed by atoms with van der Waals surface area (Å²) in [7, 11) is 0. The molecule has 1 amide bonds. The van der Waals surface area contributed by atoms with Crippen LogP contribution in [0.2, 0.25) is 0 Å². The van der Waals surface area contributed by atoms with Crippen molar-refractivity contribution in [2.24, 2.45) is 0 Å². The molecule has 0 spiro atoms. The third kappa shape index (κ3) is 2.64. The van der Waals surface area contributed by atoms with Gasteiger partial charge in [0, 0.05) is 31.9 Å². The number of rotatable bonds is 2. The number of fused-ring (bicyclic) bond motifs is 1. The number of piperazine rings is 1. The Hall–Kier alpha value is -2.76. The van der Waals surface area contributed by atoms with Crippen LogP contribution in [0, 0.1) is 5.82 Å². The van der Waals surface area contributed by atoms with Crippen molar-refractivity contribution in [3.8, 4) is 11.5 Å². The van der Waals surface area contributed by atoms with Crippen LogP contribution >= 0.6 is 0 Å². The van der Waals surface area contributed by atoms with Crippen LogP contribution in [0.4, 0.5) is 10.1 Å². The van der Waals surface area contributed by atoms with Crippen molar-refractivity contribution in [3.05, 3.63) is 53.8 Å². The summed E-state index contributed by atoms with van der Waals surface area (Å²) in [5.74, 6) is 0.859. The van der Waals surface area contributed by atoms with E-state index in [9.17, 15) is 9.18 Å². The molecule has 1 saturated heterocycles. The van der Waals surface area contributed by atoms with Gasteiger partial charge in [-0.1, -0.05) is 6.07 Å². The molecule has 24 heavy (non-hydrogen) atoms.